The first kappa shape index (κ1) is 11.1. The van der Waals surface area contributed by atoms with Gasteiger partial charge in [-0.2, -0.15) is 0 Å². The van der Waals surface area contributed by atoms with Gasteiger partial charge in [0.2, 0.25) is 5.78 Å². The van der Waals surface area contributed by atoms with Crippen LogP contribution < -0.4 is 0 Å². The predicted octanol–water partition coefficient (Wildman–Crippen LogP) is 2.34. The van der Waals surface area contributed by atoms with Crippen LogP contribution in [-0.2, 0) is 4.74 Å². The van der Waals surface area contributed by atoms with Gasteiger partial charge in [-0.15, -0.1) is 0 Å². The lowest BCUT2D eigenvalue weighted by Gasteiger charge is -2.01. The number of nitrogens with zero attached hydrogens (tertiary/aromatic N) is 1. The molecule has 0 unspecified atom stereocenters. The molecule has 14 heavy (non-hydrogen) atoms. The first-order valence-corrected chi connectivity index (χ1v) is 4.84. The van der Waals surface area contributed by atoms with Crippen LogP contribution in [0.2, 0.25) is 5.02 Å². The molecule has 0 saturated heterocycles. The number of Topliss-reactive ketones (excluding diaryl/α,β-unsaturated/α-hetero) is 1. The highest BCUT2D eigenvalue weighted by Crippen LogP contribution is 2.06. The van der Waals surface area contributed by atoms with E-state index in [9.17, 15) is 4.79 Å². The number of hydrogen-bond acceptors (Lipinski definition) is 3. The van der Waals surface area contributed by atoms with Gasteiger partial charge in [0.1, 0.15) is 12.3 Å². The van der Waals surface area contributed by atoms with E-state index >= 15 is 0 Å². The van der Waals surface area contributed by atoms with Crippen molar-refractivity contribution in [3.8, 4) is 0 Å². The highest BCUT2D eigenvalue weighted by Gasteiger charge is 2.06. The summed E-state index contributed by atoms with van der Waals surface area (Å²) in [6.45, 7) is 2.67. The molecular formula is C10H12ClNO2. The zero-order valence-electron chi connectivity index (χ0n) is 8.00. The number of carbonyl (C=O) groups excluding carboxylic acids is 1. The van der Waals surface area contributed by atoms with Gasteiger partial charge in [0.15, 0.2) is 0 Å². The molecule has 3 nitrogen and oxygen atoms in total. The minimum atomic E-state index is -0.116. The predicted molar refractivity (Wildman–Crippen MR) is 54.7 cm³/mol. The first-order chi connectivity index (χ1) is 6.74. The zero-order valence-corrected chi connectivity index (χ0v) is 8.75. The van der Waals surface area contributed by atoms with Crippen molar-refractivity contribution in [3.05, 3.63) is 29.0 Å². The van der Waals surface area contributed by atoms with Crippen molar-refractivity contribution in [2.75, 3.05) is 13.2 Å². The average Bonchev–Trinajstić information content (AvgIpc) is 2.19. The number of ketones is 1. The standard InChI is InChI=1S/C10H12ClNO2/c1-2-5-14-7-10(13)9-4-3-8(11)6-12-9/h3-4,6H,2,5,7H2,1H3. The van der Waals surface area contributed by atoms with Crippen molar-refractivity contribution in [1.29, 1.82) is 0 Å². The van der Waals surface area contributed by atoms with E-state index in [0.29, 0.717) is 17.3 Å². The van der Waals surface area contributed by atoms with Crippen LogP contribution >= 0.6 is 11.6 Å². The fourth-order valence-electron chi connectivity index (χ4n) is 0.924. The second-order valence-electron chi connectivity index (χ2n) is 2.84. The molecular weight excluding hydrogens is 202 g/mol. The third-order valence-corrected chi connectivity index (χ3v) is 1.82. The molecule has 1 heterocycles. The molecule has 4 heteroatoms. The van der Waals surface area contributed by atoms with Crippen LogP contribution in [0, 0.1) is 0 Å². The Bertz CT molecular complexity index is 297. The molecule has 0 amide bonds. The number of pyridine rings is 1. The third-order valence-electron chi connectivity index (χ3n) is 1.59. The van der Waals surface area contributed by atoms with Gasteiger partial charge >= 0.3 is 0 Å². The number of halogens is 1. The molecule has 0 aromatic carbocycles. The molecule has 1 rings (SSSR count). The van der Waals surface area contributed by atoms with E-state index < -0.39 is 0 Å². The van der Waals surface area contributed by atoms with E-state index in [0.717, 1.165) is 6.42 Å². The van der Waals surface area contributed by atoms with Gasteiger partial charge in [0, 0.05) is 12.8 Å². The molecule has 0 bridgehead atoms. The highest BCUT2D eigenvalue weighted by atomic mass is 35.5. The Kier molecular flexibility index (Phi) is 4.56. The largest absolute Gasteiger partial charge is 0.373 e. The molecule has 0 aliphatic carbocycles. The second kappa shape index (κ2) is 5.73. The molecule has 0 radical (unpaired) electrons. The normalized spacial score (nSPS) is 10.1. The lowest BCUT2D eigenvalue weighted by molar-refractivity contribution is 0.0756. The maximum absolute atomic E-state index is 11.4. The van der Waals surface area contributed by atoms with Crippen molar-refractivity contribution in [1.82, 2.24) is 4.98 Å². The van der Waals surface area contributed by atoms with Crippen molar-refractivity contribution in [2.24, 2.45) is 0 Å². The molecule has 1 aromatic rings. The Labute approximate surface area is 88.1 Å². The van der Waals surface area contributed by atoms with Gasteiger partial charge in [-0.05, 0) is 18.6 Å². The highest BCUT2D eigenvalue weighted by molar-refractivity contribution is 6.30. The molecule has 1 aromatic heterocycles. The van der Waals surface area contributed by atoms with Crippen LogP contribution in [0.1, 0.15) is 23.8 Å². The molecule has 0 saturated carbocycles. The number of aromatic nitrogens is 1. The van der Waals surface area contributed by atoms with Gasteiger partial charge in [-0.1, -0.05) is 18.5 Å². The lowest BCUT2D eigenvalue weighted by atomic mass is 10.2. The van der Waals surface area contributed by atoms with Gasteiger partial charge in [0.05, 0.1) is 5.02 Å². The number of hydrogen-bond donors (Lipinski definition) is 0. The fourth-order valence-corrected chi connectivity index (χ4v) is 1.04. The summed E-state index contributed by atoms with van der Waals surface area (Å²) in [5, 5.41) is 0.524. The van der Waals surface area contributed by atoms with Crippen LogP contribution in [0.5, 0.6) is 0 Å². The van der Waals surface area contributed by atoms with Crippen LogP contribution in [-0.4, -0.2) is 24.0 Å². The zero-order chi connectivity index (χ0) is 10.4. The Balaban J connectivity index is 2.48. The molecule has 0 aliphatic rings. The smallest absolute Gasteiger partial charge is 0.206 e. The summed E-state index contributed by atoms with van der Waals surface area (Å²) in [5.74, 6) is -0.116. The van der Waals surface area contributed by atoms with Gasteiger partial charge < -0.3 is 4.74 Å². The van der Waals surface area contributed by atoms with E-state index in [2.05, 4.69) is 4.98 Å². The average molecular weight is 214 g/mol. The topological polar surface area (TPSA) is 39.2 Å². The lowest BCUT2D eigenvalue weighted by Crippen LogP contribution is -2.10. The van der Waals surface area contributed by atoms with Gasteiger partial charge in [0.25, 0.3) is 0 Å². The van der Waals surface area contributed by atoms with Crippen molar-refractivity contribution < 1.29 is 9.53 Å². The van der Waals surface area contributed by atoms with Gasteiger partial charge in [-0.3, -0.25) is 9.78 Å². The van der Waals surface area contributed by atoms with Crippen LogP contribution in [0.15, 0.2) is 18.3 Å². The summed E-state index contributed by atoms with van der Waals surface area (Å²) in [6, 6.07) is 3.24. The summed E-state index contributed by atoms with van der Waals surface area (Å²) in [4.78, 5) is 15.3. The quantitative estimate of drug-likeness (QED) is 0.557. The summed E-state index contributed by atoms with van der Waals surface area (Å²) in [6.07, 6.45) is 2.36. The first-order valence-electron chi connectivity index (χ1n) is 4.46. The van der Waals surface area contributed by atoms with Crippen LogP contribution in [0.25, 0.3) is 0 Å². The molecule has 0 aliphatic heterocycles. The SMILES string of the molecule is CCCOCC(=O)c1ccc(Cl)cn1. The van der Waals surface area contributed by atoms with Crippen molar-refractivity contribution in [2.45, 2.75) is 13.3 Å². The van der Waals surface area contributed by atoms with Crippen molar-refractivity contribution in [3.63, 3.8) is 0 Å². The number of ether oxygens (including phenoxy) is 1. The summed E-state index contributed by atoms with van der Waals surface area (Å²) < 4.78 is 5.11. The summed E-state index contributed by atoms with van der Waals surface area (Å²) in [7, 11) is 0. The minimum absolute atomic E-state index is 0.0858. The monoisotopic (exact) mass is 213 g/mol. The molecule has 0 spiro atoms. The molecule has 76 valence electrons. The molecule has 0 N–H and O–H groups in total. The molecule has 0 atom stereocenters. The Morgan fingerprint density at radius 1 is 1.57 bits per heavy atom. The second-order valence-corrected chi connectivity index (χ2v) is 3.27. The van der Waals surface area contributed by atoms with Crippen molar-refractivity contribution >= 4 is 17.4 Å². The Hall–Kier alpha value is -0.930. The van der Waals surface area contributed by atoms with Gasteiger partial charge in [-0.25, -0.2) is 0 Å². The van der Waals surface area contributed by atoms with E-state index in [4.69, 9.17) is 16.3 Å². The van der Waals surface area contributed by atoms with E-state index in [-0.39, 0.29) is 12.4 Å². The molecule has 0 fully saturated rings. The van der Waals surface area contributed by atoms with Crippen LogP contribution in [0.3, 0.4) is 0 Å². The fraction of sp³-hybridized carbons (Fsp3) is 0.400. The minimum Gasteiger partial charge on any atom is -0.373 e. The Morgan fingerprint density at radius 2 is 2.36 bits per heavy atom. The summed E-state index contributed by atoms with van der Waals surface area (Å²) >= 11 is 5.64. The third kappa shape index (κ3) is 3.44. The summed E-state index contributed by atoms with van der Waals surface area (Å²) in [5.41, 5.74) is 0.394. The number of carbonyl (C=O) groups is 1. The number of rotatable bonds is 5. The maximum Gasteiger partial charge on any atom is 0.206 e. The Morgan fingerprint density at radius 3 is 2.93 bits per heavy atom. The van der Waals surface area contributed by atoms with E-state index in [1.165, 1.54) is 6.20 Å². The maximum atomic E-state index is 11.4. The van der Waals surface area contributed by atoms with E-state index in [1.54, 1.807) is 12.1 Å². The van der Waals surface area contributed by atoms with E-state index in [1.807, 2.05) is 6.92 Å². The van der Waals surface area contributed by atoms with Crippen LogP contribution in [0.4, 0.5) is 0 Å².